The first kappa shape index (κ1) is 25.0. The summed E-state index contributed by atoms with van der Waals surface area (Å²) in [6.45, 7) is 8.21. The van der Waals surface area contributed by atoms with Gasteiger partial charge in [-0.15, -0.1) is 11.3 Å². The summed E-state index contributed by atoms with van der Waals surface area (Å²) in [6, 6.07) is 13.1. The van der Waals surface area contributed by atoms with Crippen molar-refractivity contribution in [3.8, 4) is 11.4 Å². The van der Waals surface area contributed by atoms with Gasteiger partial charge < -0.3 is 10.1 Å². The SMILES string of the molecule is CCCc1sc2nc(SCC(=O)Nc3ccc(OC)cc3)n(-c3ccc(C)c(C)c3)c(=O)c2c1C. The van der Waals surface area contributed by atoms with Crippen LogP contribution in [0.2, 0.25) is 0 Å². The molecule has 0 atom stereocenters. The number of carbonyl (C=O) groups is 1. The van der Waals surface area contributed by atoms with Crippen molar-refractivity contribution in [2.45, 2.75) is 45.7 Å². The molecule has 0 spiro atoms. The van der Waals surface area contributed by atoms with Crippen LogP contribution in [-0.4, -0.2) is 28.3 Å². The Bertz CT molecular complexity index is 1440. The topological polar surface area (TPSA) is 73.2 Å². The first-order valence-corrected chi connectivity index (χ1v) is 13.3. The summed E-state index contributed by atoms with van der Waals surface area (Å²) in [6.07, 6.45) is 1.93. The number of aromatic nitrogens is 2. The summed E-state index contributed by atoms with van der Waals surface area (Å²) in [5, 5.41) is 4.08. The van der Waals surface area contributed by atoms with Crippen LogP contribution in [0.3, 0.4) is 0 Å². The highest BCUT2D eigenvalue weighted by Crippen LogP contribution is 2.31. The van der Waals surface area contributed by atoms with Crippen LogP contribution in [0, 0.1) is 20.8 Å². The van der Waals surface area contributed by atoms with E-state index in [1.165, 1.54) is 16.6 Å². The molecule has 0 bridgehead atoms. The monoisotopic (exact) mass is 507 g/mol. The van der Waals surface area contributed by atoms with Gasteiger partial charge in [0, 0.05) is 10.6 Å². The second kappa shape index (κ2) is 10.7. The second-order valence-electron chi connectivity index (χ2n) is 8.45. The predicted molar refractivity (Wildman–Crippen MR) is 146 cm³/mol. The molecule has 6 nitrogen and oxygen atoms in total. The second-order valence-corrected chi connectivity index (χ2v) is 10.5. The number of hydrogen-bond donors (Lipinski definition) is 1. The van der Waals surface area contributed by atoms with Gasteiger partial charge in [-0.1, -0.05) is 31.2 Å². The number of anilines is 1. The Kier molecular flexibility index (Phi) is 7.62. The number of hydrogen-bond acceptors (Lipinski definition) is 6. The predicted octanol–water partition coefficient (Wildman–Crippen LogP) is 6.06. The molecule has 0 radical (unpaired) electrons. The minimum absolute atomic E-state index is 0.0904. The fourth-order valence-electron chi connectivity index (χ4n) is 3.87. The summed E-state index contributed by atoms with van der Waals surface area (Å²) >= 11 is 2.84. The Labute approximate surface area is 213 Å². The van der Waals surface area contributed by atoms with Gasteiger partial charge in [0.2, 0.25) is 5.91 Å². The zero-order valence-corrected chi connectivity index (χ0v) is 22.2. The van der Waals surface area contributed by atoms with Crippen molar-refractivity contribution in [1.82, 2.24) is 9.55 Å². The van der Waals surface area contributed by atoms with Gasteiger partial charge in [-0.3, -0.25) is 14.2 Å². The standard InChI is InChI=1S/C27H29N3O3S2/c1-6-7-22-18(4)24-25(35-22)29-27(30(26(24)32)20-11-8-16(2)17(3)14-20)34-15-23(31)28-19-9-12-21(33-5)13-10-19/h8-14H,6-7,15H2,1-5H3,(H,28,31). The van der Waals surface area contributed by atoms with Gasteiger partial charge in [0.15, 0.2) is 5.16 Å². The number of rotatable bonds is 8. The quantitative estimate of drug-likeness (QED) is 0.232. The van der Waals surface area contributed by atoms with Crippen LogP contribution < -0.4 is 15.6 Å². The fraction of sp³-hybridized carbons (Fsp3) is 0.296. The van der Waals surface area contributed by atoms with E-state index in [9.17, 15) is 9.59 Å². The molecule has 2 aromatic carbocycles. The number of thiophene rings is 1. The van der Waals surface area contributed by atoms with Gasteiger partial charge in [0.1, 0.15) is 10.6 Å². The molecule has 1 N–H and O–H groups in total. The Morgan fingerprint density at radius 2 is 1.86 bits per heavy atom. The molecule has 8 heteroatoms. The Morgan fingerprint density at radius 1 is 1.11 bits per heavy atom. The van der Waals surface area contributed by atoms with Gasteiger partial charge in [-0.25, -0.2) is 4.98 Å². The van der Waals surface area contributed by atoms with Crippen LogP contribution in [0.15, 0.2) is 52.4 Å². The van der Waals surface area contributed by atoms with Crippen LogP contribution in [-0.2, 0) is 11.2 Å². The van der Waals surface area contributed by atoms with Crippen molar-refractivity contribution < 1.29 is 9.53 Å². The average Bonchev–Trinajstić information content (AvgIpc) is 3.15. The summed E-state index contributed by atoms with van der Waals surface area (Å²) in [5.41, 5.74) is 4.61. The number of ether oxygens (including phenoxy) is 1. The van der Waals surface area contributed by atoms with E-state index in [-0.39, 0.29) is 17.2 Å². The molecule has 0 saturated heterocycles. The maximum atomic E-state index is 13.8. The average molecular weight is 508 g/mol. The Morgan fingerprint density at radius 3 is 2.51 bits per heavy atom. The van der Waals surface area contributed by atoms with Crippen LogP contribution in [0.5, 0.6) is 5.75 Å². The van der Waals surface area contributed by atoms with Crippen LogP contribution >= 0.6 is 23.1 Å². The molecule has 0 fully saturated rings. The molecule has 0 aliphatic heterocycles. The van der Waals surface area contributed by atoms with E-state index >= 15 is 0 Å². The highest BCUT2D eigenvalue weighted by Gasteiger charge is 2.20. The van der Waals surface area contributed by atoms with Crippen LogP contribution in [0.25, 0.3) is 15.9 Å². The number of fused-ring (bicyclic) bond motifs is 1. The lowest BCUT2D eigenvalue weighted by molar-refractivity contribution is -0.113. The number of methoxy groups -OCH3 is 1. The van der Waals surface area contributed by atoms with Crippen molar-refractivity contribution in [2.24, 2.45) is 0 Å². The molecule has 2 aromatic heterocycles. The molecule has 2 heterocycles. The lowest BCUT2D eigenvalue weighted by Crippen LogP contribution is -2.23. The highest BCUT2D eigenvalue weighted by molar-refractivity contribution is 7.99. The number of aryl methyl sites for hydroxylation is 4. The molecular formula is C27H29N3O3S2. The lowest BCUT2D eigenvalue weighted by atomic mass is 10.1. The smallest absolute Gasteiger partial charge is 0.267 e. The van der Waals surface area contributed by atoms with Crippen LogP contribution in [0.4, 0.5) is 5.69 Å². The number of benzene rings is 2. The van der Waals surface area contributed by atoms with Gasteiger partial charge >= 0.3 is 0 Å². The summed E-state index contributed by atoms with van der Waals surface area (Å²) < 4.78 is 6.81. The lowest BCUT2D eigenvalue weighted by Gasteiger charge is -2.14. The zero-order valence-electron chi connectivity index (χ0n) is 20.6. The van der Waals surface area contributed by atoms with E-state index in [0.29, 0.717) is 16.2 Å². The minimum atomic E-state index is -0.171. The van der Waals surface area contributed by atoms with Crippen molar-refractivity contribution in [2.75, 3.05) is 18.2 Å². The summed E-state index contributed by atoms with van der Waals surface area (Å²) in [4.78, 5) is 33.3. The molecule has 0 unspecified atom stereocenters. The molecule has 4 aromatic rings. The molecule has 0 aliphatic rings. The maximum Gasteiger partial charge on any atom is 0.267 e. The van der Waals surface area contributed by atoms with Crippen molar-refractivity contribution in [1.29, 1.82) is 0 Å². The normalized spacial score (nSPS) is 11.1. The van der Waals surface area contributed by atoms with E-state index in [2.05, 4.69) is 12.2 Å². The van der Waals surface area contributed by atoms with Gasteiger partial charge in [0.05, 0.1) is 23.9 Å². The first-order valence-electron chi connectivity index (χ1n) is 11.5. The molecule has 182 valence electrons. The summed E-state index contributed by atoms with van der Waals surface area (Å²) in [7, 11) is 1.60. The highest BCUT2D eigenvalue weighted by atomic mass is 32.2. The molecule has 0 aliphatic carbocycles. The van der Waals surface area contributed by atoms with Gasteiger partial charge in [-0.2, -0.15) is 0 Å². The fourth-order valence-corrected chi connectivity index (χ4v) is 6.00. The van der Waals surface area contributed by atoms with Crippen molar-refractivity contribution in [3.63, 3.8) is 0 Å². The third kappa shape index (κ3) is 5.28. The first-order chi connectivity index (χ1) is 16.8. The summed E-state index contributed by atoms with van der Waals surface area (Å²) in [5.74, 6) is 0.678. The number of amides is 1. The molecule has 4 rings (SSSR count). The molecular weight excluding hydrogens is 478 g/mol. The molecule has 35 heavy (non-hydrogen) atoms. The van der Waals surface area contributed by atoms with E-state index in [1.807, 2.05) is 39.0 Å². The number of nitrogens with one attached hydrogen (secondary N) is 1. The van der Waals surface area contributed by atoms with Crippen molar-refractivity contribution >= 4 is 44.9 Å². The molecule has 1 amide bonds. The van der Waals surface area contributed by atoms with Gasteiger partial charge in [-0.05, 0) is 80.3 Å². The van der Waals surface area contributed by atoms with Crippen molar-refractivity contribution in [3.05, 3.63) is 74.4 Å². The van der Waals surface area contributed by atoms with E-state index in [0.717, 1.165) is 45.8 Å². The third-order valence-electron chi connectivity index (χ3n) is 5.96. The maximum absolute atomic E-state index is 13.8. The Balaban J connectivity index is 1.71. The van der Waals surface area contributed by atoms with Crippen LogP contribution in [0.1, 0.15) is 34.9 Å². The van der Waals surface area contributed by atoms with E-state index in [4.69, 9.17) is 9.72 Å². The largest absolute Gasteiger partial charge is 0.497 e. The number of thioether (sulfide) groups is 1. The van der Waals surface area contributed by atoms with Gasteiger partial charge in [0.25, 0.3) is 5.56 Å². The Hall–Kier alpha value is -3.10. The van der Waals surface area contributed by atoms with E-state index in [1.54, 1.807) is 47.3 Å². The van der Waals surface area contributed by atoms with E-state index < -0.39 is 0 Å². The number of carbonyl (C=O) groups excluding carboxylic acids is 1. The number of nitrogens with zero attached hydrogens (tertiary/aromatic N) is 2. The zero-order chi connectivity index (χ0) is 25.1. The third-order valence-corrected chi connectivity index (χ3v) is 8.15. The molecule has 0 saturated carbocycles. The minimum Gasteiger partial charge on any atom is -0.497 e.